The van der Waals surface area contributed by atoms with Crippen LogP contribution in [-0.4, -0.2) is 59.1 Å². The van der Waals surface area contributed by atoms with Gasteiger partial charge in [0.25, 0.3) is 0 Å². The van der Waals surface area contributed by atoms with Gasteiger partial charge in [-0.15, -0.1) is 0 Å². The molecule has 0 aliphatic heterocycles. The Balaban J connectivity index is 4.62. The minimum atomic E-state index is -1.29. The van der Waals surface area contributed by atoms with Crippen LogP contribution in [0.2, 0.25) is 0 Å². The molecular formula is C12H22N4O6. The minimum Gasteiger partial charge on any atom is -0.481 e. The SMILES string of the molecule is NCCCC[C@H](NC(=O)[C@@H](N)CC(=O)O)C(=O)NCC(=O)O. The van der Waals surface area contributed by atoms with Crippen molar-refractivity contribution in [2.45, 2.75) is 37.8 Å². The standard InChI is InChI=1S/C12H22N4O6/c13-4-2-1-3-8(12(22)15-6-10(19)20)16-11(21)7(14)5-9(17)18/h7-8H,1-6,13-14H2,(H,15,22)(H,16,21)(H,17,18)(H,19,20)/t7-,8-/m0/s1. The molecule has 0 heterocycles. The van der Waals surface area contributed by atoms with Gasteiger partial charge in [0.15, 0.2) is 0 Å². The number of rotatable bonds is 11. The van der Waals surface area contributed by atoms with Gasteiger partial charge in [-0.25, -0.2) is 0 Å². The molecule has 0 bridgehead atoms. The molecule has 0 fully saturated rings. The van der Waals surface area contributed by atoms with Crippen LogP contribution in [0, 0.1) is 0 Å². The van der Waals surface area contributed by atoms with E-state index in [1.165, 1.54) is 0 Å². The molecule has 2 amide bonds. The summed E-state index contributed by atoms with van der Waals surface area (Å²) in [5.41, 5.74) is 10.7. The van der Waals surface area contributed by atoms with E-state index in [2.05, 4.69) is 10.6 Å². The summed E-state index contributed by atoms with van der Waals surface area (Å²) in [6, 6.07) is -2.28. The van der Waals surface area contributed by atoms with Crippen LogP contribution in [0.1, 0.15) is 25.7 Å². The maximum atomic E-state index is 11.8. The monoisotopic (exact) mass is 318 g/mol. The van der Waals surface area contributed by atoms with Crippen molar-refractivity contribution in [3.8, 4) is 0 Å². The first-order chi connectivity index (χ1) is 10.3. The summed E-state index contributed by atoms with van der Waals surface area (Å²) in [4.78, 5) is 44.5. The van der Waals surface area contributed by atoms with Crippen molar-refractivity contribution < 1.29 is 29.4 Å². The molecule has 10 nitrogen and oxygen atoms in total. The van der Waals surface area contributed by atoms with Crippen LogP contribution in [0.5, 0.6) is 0 Å². The summed E-state index contributed by atoms with van der Waals surface area (Å²) in [7, 11) is 0. The fourth-order valence-corrected chi connectivity index (χ4v) is 1.61. The molecular weight excluding hydrogens is 296 g/mol. The smallest absolute Gasteiger partial charge is 0.322 e. The van der Waals surface area contributed by atoms with E-state index in [4.69, 9.17) is 21.7 Å². The van der Waals surface area contributed by atoms with Gasteiger partial charge < -0.3 is 32.3 Å². The van der Waals surface area contributed by atoms with E-state index in [1.807, 2.05) is 0 Å². The minimum absolute atomic E-state index is 0.244. The van der Waals surface area contributed by atoms with E-state index in [0.29, 0.717) is 19.4 Å². The van der Waals surface area contributed by atoms with Crippen molar-refractivity contribution in [1.82, 2.24) is 10.6 Å². The van der Waals surface area contributed by atoms with Crippen molar-refractivity contribution in [3.63, 3.8) is 0 Å². The van der Waals surface area contributed by atoms with Gasteiger partial charge in [0, 0.05) is 0 Å². The summed E-state index contributed by atoms with van der Waals surface area (Å²) in [5.74, 6) is -3.92. The summed E-state index contributed by atoms with van der Waals surface area (Å²) in [5, 5.41) is 21.6. The summed E-state index contributed by atoms with van der Waals surface area (Å²) in [6.07, 6.45) is 0.835. The Morgan fingerprint density at radius 1 is 1.00 bits per heavy atom. The molecule has 0 radical (unpaired) electrons. The quantitative estimate of drug-likeness (QED) is 0.228. The predicted molar refractivity (Wildman–Crippen MR) is 75.7 cm³/mol. The fraction of sp³-hybridized carbons (Fsp3) is 0.667. The molecule has 8 N–H and O–H groups in total. The van der Waals surface area contributed by atoms with Crippen molar-refractivity contribution in [3.05, 3.63) is 0 Å². The topological polar surface area (TPSA) is 185 Å². The third-order valence-corrected chi connectivity index (χ3v) is 2.73. The Morgan fingerprint density at radius 2 is 1.64 bits per heavy atom. The number of carbonyl (C=O) groups is 4. The Morgan fingerprint density at radius 3 is 2.14 bits per heavy atom. The number of nitrogens with one attached hydrogen (secondary N) is 2. The fourth-order valence-electron chi connectivity index (χ4n) is 1.61. The second-order valence-corrected chi connectivity index (χ2v) is 4.66. The zero-order valence-electron chi connectivity index (χ0n) is 12.1. The Hall–Kier alpha value is -2.20. The Kier molecular flexibility index (Phi) is 9.46. The molecule has 22 heavy (non-hydrogen) atoms. The molecule has 0 spiro atoms. The lowest BCUT2D eigenvalue weighted by atomic mass is 10.1. The highest BCUT2D eigenvalue weighted by atomic mass is 16.4. The average molecular weight is 318 g/mol. The molecule has 126 valence electrons. The van der Waals surface area contributed by atoms with Gasteiger partial charge in [-0.1, -0.05) is 0 Å². The lowest BCUT2D eigenvalue weighted by molar-refractivity contribution is -0.140. The molecule has 0 aliphatic rings. The van der Waals surface area contributed by atoms with Crippen molar-refractivity contribution in [2.24, 2.45) is 11.5 Å². The average Bonchev–Trinajstić information content (AvgIpc) is 2.42. The van der Waals surface area contributed by atoms with Crippen LogP contribution in [0.15, 0.2) is 0 Å². The molecule has 10 heteroatoms. The van der Waals surface area contributed by atoms with Gasteiger partial charge in [0.2, 0.25) is 11.8 Å². The van der Waals surface area contributed by atoms with Gasteiger partial charge in [0.05, 0.1) is 12.5 Å². The lowest BCUT2D eigenvalue weighted by Crippen LogP contribution is -2.52. The molecule has 0 saturated carbocycles. The number of carboxylic acids is 2. The molecule has 0 aliphatic carbocycles. The van der Waals surface area contributed by atoms with Crippen LogP contribution in [-0.2, 0) is 19.2 Å². The largest absolute Gasteiger partial charge is 0.481 e. The number of hydrogen-bond donors (Lipinski definition) is 6. The van der Waals surface area contributed by atoms with Gasteiger partial charge >= 0.3 is 11.9 Å². The van der Waals surface area contributed by atoms with E-state index in [9.17, 15) is 19.2 Å². The van der Waals surface area contributed by atoms with Crippen LogP contribution in [0.25, 0.3) is 0 Å². The molecule has 0 aromatic carbocycles. The molecule has 0 aromatic rings. The summed E-state index contributed by atoms with van der Waals surface area (Å²) >= 11 is 0. The highest BCUT2D eigenvalue weighted by Gasteiger charge is 2.24. The second kappa shape index (κ2) is 10.5. The Bertz CT molecular complexity index is 414. The van der Waals surface area contributed by atoms with Gasteiger partial charge in [0.1, 0.15) is 12.6 Å². The number of hydrogen-bond acceptors (Lipinski definition) is 6. The number of amides is 2. The third kappa shape index (κ3) is 8.87. The van der Waals surface area contributed by atoms with E-state index in [0.717, 1.165) is 0 Å². The maximum absolute atomic E-state index is 11.8. The molecule has 0 rings (SSSR count). The zero-order valence-corrected chi connectivity index (χ0v) is 12.1. The lowest BCUT2D eigenvalue weighted by Gasteiger charge is -2.19. The van der Waals surface area contributed by atoms with Crippen molar-refractivity contribution in [2.75, 3.05) is 13.1 Å². The number of aliphatic carboxylic acids is 2. The van der Waals surface area contributed by atoms with E-state index in [-0.39, 0.29) is 6.42 Å². The molecule has 0 unspecified atom stereocenters. The number of carbonyl (C=O) groups excluding carboxylic acids is 2. The number of nitrogens with two attached hydrogens (primary N) is 2. The summed E-state index contributed by atoms with van der Waals surface area (Å²) in [6.45, 7) is -0.167. The maximum Gasteiger partial charge on any atom is 0.322 e. The van der Waals surface area contributed by atoms with E-state index < -0.39 is 48.8 Å². The van der Waals surface area contributed by atoms with Crippen LogP contribution >= 0.6 is 0 Å². The zero-order chi connectivity index (χ0) is 17.1. The van der Waals surface area contributed by atoms with Crippen molar-refractivity contribution >= 4 is 23.8 Å². The second-order valence-electron chi connectivity index (χ2n) is 4.66. The first-order valence-electron chi connectivity index (χ1n) is 6.75. The molecule has 0 aromatic heterocycles. The van der Waals surface area contributed by atoms with Crippen molar-refractivity contribution in [1.29, 1.82) is 0 Å². The molecule has 2 atom stereocenters. The van der Waals surface area contributed by atoms with Gasteiger partial charge in [-0.3, -0.25) is 19.2 Å². The van der Waals surface area contributed by atoms with Gasteiger partial charge in [-0.2, -0.15) is 0 Å². The Labute approximate surface area is 127 Å². The van der Waals surface area contributed by atoms with Crippen LogP contribution < -0.4 is 22.1 Å². The predicted octanol–water partition coefficient (Wildman–Crippen LogP) is -2.40. The molecule has 0 saturated heterocycles. The number of carboxylic acid groups (broad SMARTS) is 2. The highest BCUT2D eigenvalue weighted by Crippen LogP contribution is 2.02. The third-order valence-electron chi connectivity index (χ3n) is 2.73. The first kappa shape index (κ1) is 19.8. The van der Waals surface area contributed by atoms with Gasteiger partial charge in [-0.05, 0) is 25.8 Å². The summed E-state index contributed by atoms with van der Waals surface area (Å²) < 4.78 is 0. The highest BCUT2D eigenvalue weighted by molar-refractivity contribution is 5.92. The van der Waals surface area contributed by atoms with Crippen LogP contribution in [0.4, 0.5) is 0 Å². The first-order valence-corrected chi connectivity index (χ1v) is 6.75. The number of unbranched alkanes of at least 4 members (excludes halogenated alkanes) is 1. The van der Waals surface area contributed by atoms with E-state index >= 15 is 0 Å². The normalized spacial score (nSPS) is 13.0. The van der Waals surface area contributed by atoms with Crippen LogP contribution in [0.3, 0.4) is 0 Å². The van der Waals surface area contributed by atoms with E-state index in [1.54, 1.807) is 0 Å².